The summed E-state index contributed by atoms with van der Waals surface area (Å²) in [7, 11) is 0. The molecule has 1 amide bonds. The van der Waals surface area contributed by atoms with Gasteiger partial charge >= 0.3 is 6.09 Å². The number of benzene rings is 1. The van der Waals surface area contributed by atoms with Gasteiger partial charge in [-0.1, -0.05) is 12.1 Å². The van der Waals surface area contributed by atoms with Gasteiger partial charge in [0.1, 0.15) is 5.60 Å². The summed E-state index contributed by atoms with van der Waals surface area (Å²) in [6.07, 6.45) is -0.445. The first-order valence-electron chi connectivity index (χ1n) is 5.81. The van der Waals surface area contributed by atoms with Crippen molar-refractivity contribution in [3.63, 3.8) is 0 Å². The average molecular weight is 246 g/mol. The van der Waals surface area contributed by atoms with Crippen LogP contribution in [0.3, 0.4) is 0 Å². The second-order valence-corrected chi connectivity index (χ2v) is 5.10. The molecule has 4 heteroatoms. The largest absolute Gasteiger partial charge is 0.444 e. The zero-order valence-corrected chi connectivity index (χ0v) is 11.2. The molecule has 0 aliphatic carbocycles. The third-order valence-electron chi connectivity index (χ3n) is 2.27. The van der Waals surface area contributed by atoms with E-state index in [2.05, 4.69) is 11.4 Å². The number of nitrogens with zero attached hydrogens (tertiary/aromatic N) is 1. The summed E-state index contributed by atoms with van der Waals surface area (Å²) in [5, 5.41) is 11.4. The van der Waals surface area contributed by atoms with Gasteiger partial charge in [0.25, 0.3) is 0 Å². The summed E-state index contributed by atoms with van der Waals surface area (Å²) in [4.78, 5) is 11.6. The number of rotatable bonds is 2. The molecule has 0 saturated carbocycles. The molecule has 1 aromatic carbocycles. The Morgan fingerprint density at radius 3 is 2.33 bits per heavy atom. The van der Waals surface area contributed by atoms with E-state index in [1.54, 1.807) is 12.1 Å². The molecule has 0 aliphatic rings. The van der Waals surface area contributed by atoms with Crippen LogP contribution in [0, 0.1) is 11.3 Å². The molecule has 0 aromatic heterocycles. The highest BCUT2D eigenvalue weighted by Gasteiger charge is 2.18. The van der Waals surface area contributed by atoms with Crippen LogP contribution in [0.5, 0.6) is 0 Å². The fraction of sp³-hybridized carbons (Fsp3) is 0.429. The highest BCUT2D eigenvalue weighted by Crippen LogP contribution is 2.14. The first-order chi connectivity index (χ1) is 8.31. The van der Waals surface area contributed by atoms with E-state index in [-0.39, 0.29) is 6.04 Å². The zero-order valence-electron chi connectivity index (χ0n) is 11.2. The van der Waals surface area contributed by atoms with Crippen molar-refractivity contribution < 1.29 is 9.53 Å². The van der Waals surface area contributed by atoms with Crippen LogP contribution in [-0.4, -0.2) is 11.7 Å². The summed E-state index contributed by atoms with van der Waals surface area (Å²) in [5.74, 6) is 0. The van der Waals surface area contributed by atoms with Crippen LogP contribution in [-0.2, 0) is 4.74 Å². The molecule has 0 heterocycles. The summed E-state index contributed by atoms with van der Waals surface area (Å²) < 4.78 is 5.17. The monoisotopic (exact) mass is 246 g/mol. The summed E-state index contributed by atoms with van der Waals surface area (Å²) in [6.45, 7) is 7.32. The number of carbonyl (C=O) groups excluding carboxylic acids is 1. The molecule has 0 bridgehead atoms. The highest BCUT2D eigenvalue weighted by atomic mass is 16.6. The van der Waals surface area contributed by atoms with E-state index in [1.807, 2.05) is 39.8 Å². The first kappa shape index (κ1) is 14.0. The minimum atomic E-state index is -0.505. The predicted octanol–water partition coefficient (Wildman–Crippen LogP) is 3.14. The van der Waals surface area contributed by atoms with E-state index in [1.165, 1.54) is 0 Å². The van der Waals surface area contributed by atoms with Gasteiger partial charge in [-0.05, 0) is 45.4 Å². The number of carbonyl (C=O) groups is 1. The predicted molar refractivity (Wildman–Crippen MR) is 68.9 cm³/mol. The first-order valence-corrected chi connectivity index (χ1v) is 5.81. The van der Waals surface area contributed by atoms with E-state index in [9.17, 15) is 4.79 Å². The fourth-order valence-electron chi connectivity index (χ4n) is 1.41. The van der Waals surface area contributed by atoms with Crippen molar-refractivity contribution >= 4 is 6.09 Å². The van der Waals surface area contributed by atoms with E-state index in [4.69, 9.17) is 10.00 Å². The number of nitrogens with one attached hydrogen (secondary N) is 1. The van der Waals surface area contributed by atoms with Gasteiger partial charge in [0.2, 0.25) is 0 Å². The maximum atomic E-state index is 11.6. The molecule has 1 atom stereocenters. The van der Waals surface area contributed by atoms with Crippen molar-refractivity contribution in [3.05, 3.63) is 35.4 Å². The Balaban J connectivity index is 2.62. The molecule has 0 radical (unpaired) electrons. The normalized spacial score (nSPS) is 12.4. The molecule has 18 heavy (non-hydrogen) atoms. The maximum Gasteiger partial charge on any atom is 0.408 e. The SMILES string of the molecule is C[C@@H](NC(=O)OC(C)(C)C)c1ccc(C#N)cc1. The lowest BCUT2D eigenvalue weighted by atomic mass is 10.1. The Kier molecular flexibility index (Phi) is 4.33. The van der Waals surface area contributed by atoms with Crippen molar-refractivity contribution in [2.24, 2.45) is 0 Å². The second kappa shape index (κ2) is 5.54. The van der Waals surface area contributed by atoms with Crippen LogP contribution < -0.4 is 5.32 Å². The summed E-state index contributed by atoms with van der Waals surface area (Å²) in [5.41, 5.74) is 1.03. The van der Waals surface area contributed by atoms with Crippen molar-refractivity contribution in [1.29, 1.82) is 5.26 Å². The van der Waals surface area contributed by atoms with Gasteiger partial charge in [-0.3, -0.25) is 0 Å². The van der Waals surface area contributed by atoms with Crippen molar-refractivity contribution in [3.8, 4) is 6.07 Å². The average Bonchev–Trinajstić information content (AvgIpc) is 2.26. The molecule has 0 fully saturated rings. The quantitative estimate of drug-likeness (QED) is 0.871. The molecule has 0 spiro atoms. The Morgan fingerprint density at radius 1 is 1.33 bits per heavy atom. The number of amides is 1. The Labute approximate surface area is 108 Å². The van der Waals surface area contributed by atoms with Gasteiger partial charge in [-0.25, -0.2) is 4.79 Å². The van der Waals surface area contributed by atoms with Crippen molar-refractivity contribution in [2.75, 3.05) is 0 Å². The van der Waals surface area contributed by atoms with Crippen LogP contribution in [0.15, 0.2) is 24.3 Å². The molecule has 1 rings (SSSR count). The number of hydrogen-bond acceptors (Lipinski definition) is 3. The summed E-state index contributed by atoms with van der Waals surface area (Å²) >= 11 is 0. The second-order valence-electron chi connectivity index (χ2n) is 5.10. The molecular weight excluding hydrogens is 228 g/mol. The smallest absolute Gasteiger partial charge is 0.408 e. The van der Waals surface area contributed by atoms with Crippen LogP contribution in [0.2, 0.25) is 0 Å². The molecular formula is C14H18N2O2. The maximum absolute atomic E-state index is 11.6. The van der Waals surface area contributed by atoms with Crippen molar-refractivity contribution in [2.45, 2.75) is 39.3 Å². The standard InChI is InChI=1S/C14H18N2O2/c1-10(16-13(17)18-14(2,3)4)12-7-5-11(9-15)6-8-12/h5-8,10H,1-4H3,(H,16,17)/t10-/m1/s1. The minimum Gasteiger partial charge on any atom is -0.444 e. The van der Waals surface area contributed by atoms with E-state index in [0.29, 0.717) is 5.56 Å². The topological polar surface area (TPSA) is 62.1 Å². The number of hydrogen-bond donors (Lipinski definition) is 1. The highest BCUT2D eigenvalue weighted by molar-refractivity contribution is 5.68. The molecule has 1 aromatic rings. The van der Waals surface area contributed by atoms with Gasteiger partial charge in [0.15, 0.2) is 0 Å². The minimum absolute atomic E-state index is 0.160. The lowest BCUT2D eigenvalue weighted by Gasteiger charge is -2.22. The van der Waals surface area contributed by atoms with E-state index in [0.717, 1.165) is 5.56 Å². The van der Waals surface area contributed by atoms with Crippen LogP contribution in [0.4, 0.5) is 4.79 Å². The Morgan fingerprint density at radius 2 is 1.89 bits per heavy atom. The van der Waals surface area contributed by atoms with E-state index < -0.39 is 11.7 Å². The lowest BCUT2D eigenvalue weighted by Crippen LogP contribution is -2.34. The molecule has 0 unspecified atom stereocenters. The fourth-order valence-corrected chi connectivity index (χ4v) is 1.41. The van der Waals surface area contributed by atoms with Gasteiger partial charge in [-0.2, -0.15) is 5.26 Å². The molecule has 1 N–H and O–H groups in total. The van der Waals surface area contributed by atoms with Gasteiger partial charge in [-0.15, -0.1) is 0 Å². The lowest BCUT2D eigenvalue weighted by molar-refractivity contribution is 0.0508. The number of nitriles is 1. The Hall–Kier alpha value is -2.02. The van der Waals surface area contributed by atoms with Gasteiger partial charge < -0.3 is 10.1 Å². The van der Waals surface area contributed by atoms with Crippen LogP contribution >= 0.6 is 0 Å². The Bertz CT molecular complexity index is 452. The van der Waals surface area contributed by atoms with Crippen molar-refractivity contribution in [1.82, 2.24) is 5.32 Å². The van der Waals surface area contributed by atoms with Gasteiger partial charge in [0.05, 0.1) is 17.7 Å². The van der Waals surface area contributed by atoms with E-state index >= 15 is 0 Å². The molecule has 0 aliphatic heterocycles. The third kappa shape index (κ3) is 4.46. The number of ether oxygens (including phenoxy) is 1. The van der Waals surface area contributed by atoms with Crippen LogP contribution in [0.25, 0.3) is 0 Å². The zero-order chi connectivity index (χ0) is 13.8. The van der Waals surface area contributed by atoms with Gasteiger partial charge in [0, 0.05) is 0 Å². The van der Waals surface area contributed by atoms with Crippen LogP contribution in [0.1, 0.15) is 44.9 Å². The number of alkyl carbamates (subject to hydrolysis) is 1. The molecule has 4 nitrogen and oxygen atoms in total. The third-order valence-corrected chi connectivity index (χ3v) is 2.27. The molecule has 96 valence electrons. The molecule has 0 saturated heterocycles. The summed E-state index contributed by atoms with van der Waals surface area (Å²) in [6, 6.07) is 8.98.